The minimum absolute atomic E-state index is 0.310. The van der Waals surface area contributed by atoms with Gasteiger partial charge in [0.2, 0.25) is 0 Å². The van der Waals surface area contributed by atoms with Gasteiger partial charge in [-0.3, -0.25) is 14.4 Å². The molecule has 4 atom stereocenters. The molecule has 1 aromatic rings. The summed E-state index contributed by atoms with van der Waals surface area (Å²) in [6, 6.07) is 8.70. The van der Waals surface area contributed by atoms with Crippen LogP contribution in [0.2, 0.25) is 0 Å². The zero-order valence-corrected chi connectivity index (χ0v) is 13.3. The lowest BCUT2D eigenvalue weighted by molar-refractivity contribution is -0.170. The standard InChI is InChI=1S/C17H20O6/c1-17(21)9-11(18)13(15(19)22-2)12(14(17)16(20)23-3)10-7-5-4-6-8-10/h4-8,12-14,21H,9H2,1-3H3/t12-,13+,14-,17-/m0/s1. The Kier molecular flexibility index (Phi) is 4.85. The third-order valence-corrected chi connectivity index (χ3v) is 4.36. The van der Waals surface area contributed by atoms with Crippen molar-refractivity contribution in [1.29, 1.82) is 0 Å². The Morgan fingerprint density at radius 1 is 1.13 bits per heavy atom. The summed E-state index contributed by atoms with van der Waals surface area (Å²) < 4.78 is 9.56. The van der Waals surface area contributed by atoms with E-state index in [1.807, 2.05) is 0 Å². The highest BCUT2D eigenvalue weighted by atomic mass is 16.5. The summed E-state index contributed by atoms with van der Waals surface area (Å²) in [4.78, 5) is 36.9. The van der Waals surface area contributed by atoms with E-state index in [1.54, 1.807) is 30.3 Å². The van der Waals surface area contributed by atoms with Gasteiger partial charge in [-0.2, -0.15) is 0 Å². The van der Waals surface area contributed by atoms with E-state index in [4.69, 9.17) is 9.47 Å². The maximum Gasteiger partial charge on any atom is 0.316 e. The smallest absolute Gasteiger partial charge is 0.316 e. The number of ether oxygens (including phenoxy) is 2. The number of carbonyl (C=O) groups excluding carboxylic acids is 3. The highest BCUT2D eigenvalue weighted by Crippen LogP contribution is 2.46. The van der Waals surface area contributed by atoms with Crippen molar-refractivity contribution in [3.8, 4) is 0 Å². The molecule has 1 saturated carbocycles. The predicted octanol–water partition coefficient (Wildman–Crippen LogP) is 1.07. The molecule has 6 nitrogen and oxygen atoms in total. The molecule has 1 aliphatic carbocycles. The number of esters is 2. The molecular weight excluding hydrogens is 300 g/mol. The van der Waals surface area contributed by atoms with Gasteiger partial charge in [0.25, 0.3) is 0 Å². The zero-order chi connectivity index (χ0) is 17.2. The lowest BCUT2D eigenvalue weighted by Crippen LogP contribution is -2.55. The molecule has 124 valence electrons. The maximum absolute atomic E-state index is 12.4. The Bertz CT molecular complexity index is 607. The van der Waals surface area contributed by atoms with Crippen molar-refractivity contribution < 1.29 is 29.0 Å². The van der Waals surface area contributed by atoms with Gasteiger partial charge in [0.1, 0.15) is 5.92 Å². The molecule has 0 radical (unpaired) electrons. The largest absolute Gasteiger partial charge is 0.469 e. The molecule has 1 fully saturated rings. The summed E-state index contributed by atoms with van der Waals surface area (Å²) in [6.45, 7) is 1.41. The zero-order valence-electron chi connectivity index (χ0n) is 13.3. The number of methoxy groups -OCH3 is 2. The van der Waals surface area contributed by atoms with Gasteiger partial charge in [0, 0.05) is 12.3 Å². The number of hydrogen-bond acceptors (Lipinski definition) is 6. The molecule has 0 heterocycles. The number of hydrogen-bond donors (Lipinski definition) is 1. The topological polar surface area (TPSA) is 89.9 Å². The summed E-state index contributed by atoms with van der Waals surface area (Å²) in [5.74, 6) is -4.86. The number of carbonyl (C=O) groups is 3. The number of benzene rings is 1. The molecule has 6 heteroatoms. The van der Waals surface area contributed by atoms with Crippen molar-refractivity contribution in [3.05, 3.63) is 35.9 Å². The van der Waals surface area contributed by atoms with Crippen molar-refractivity contribution in [3.63, 3.8) is 0 Å². The van der Waals surface area contributed by atoms with E-state index in [0.29, 0.717) is 5.56 Å². The van der Waals surface area contributed by atoms with Crippen LogP contribution in [-0.4, -0.2) is 42.6 Å². The molecular formula is C17H20O6. The van der Waals surface area contributed by atoms with Crippen LogP contribution in [0.25, 0.3) is 0 Å². The highest BCUT2D eigenvalue weighted by Gasteiger charge is 2.56. The lowest BCUT2D eigenvalue weighted by atomic mass is 9.62. The molecule has 23 heavy (non-hydrogen) atoms. The van der Waals surface area contributed by atoms with Gasteiger partial charge < -0.3 is 14.6 Å². The first kappa shape index (κ1) is 17.1. The average Bonchev–Trinajstić information content (AvgIpc) is 2.52. The Hall–Kier alpha value is -2.21. The van der Waals surface area contributed by atoms with Crippen LogP contribution in [-0.2, 0) is 23.9 Å². The summed E-state index contributed by atoms with van der Waals surface area (Å²) in [6.07, 6.45) is -0.310. The molecule has 0 amide bonds. The summed E-state index contributed by atoms with van der Waals surface area (Å²) >= 11 is 0. The number of aliphatic hydroxyl groups is 1. The van der Waals surface area contributed by atoms with Crippen molar-refractivity contribution in [1.82, 2.24) is 0 Å². The maximum atomic E-state index is 12.4. The van der Waals surface area contributed by atoms with Crippen molar-refractivity contribution in [2.45, 2.75) is 24.9 Å². The van der Waals surface area contributed by atoms with Crippen LogP contribution in [0.5, 0.6) is 0 Å². The van der Waals surface area contributed by atoms with Crippen LogP contribution in [0, 0.1) is 11.8 Å². The second-order valence-electron chi connectivity index (χ2n) is 5.94. The quantitative estimate of drug-likeness (QED) is 0.662. The van der Waals surface area contributed by atoms with E-state index in [9.17, 15) is 19.5 Å². The molecule has 2 rings (SSSR count). The Balaban J connectivity index is 2.61. The van der Waals surface area contributed by atoms with Crippen LogP contribution >= 0.6 is 0 Å². The molecule has 1 aromatic carbocycles. The molecule has 1 N–H and O–H groups in total. The fourth-order valence-electron chi connectivity index (χ4n) is 3.34. The third-order valence-electron chi connectivity index (χ3n) is 4.36. The first-order valence-corrected chi connectivity index (χ1v) is 7.29. The van der Waals surface area contributed by atoms with E-state index in [-0.39, 0.29) is 6.42 Å². The van der Waals surface area contributed by atoms with Gasteiger partial charge in [-0.25, -0.2) is 0 Å². The molecule has 0 saturated heterocycles. The van der Waals surface area contributed by atoms with E-state index < -0.39 is 41.1 Å². The Morgan fingerprint density at radius 3 is 2.22 bits per heavy atom. The average molecular weight is 320 g/mol. The summed E-state index contributed by atoms with van der Waals surface area (Å²) in [7, 11) is 2.40. The van der Waals surface area contributed by atoms with Gasteiger partial charge in [-0.1, -0.05) is 30.3 Å². The fourth-order valence-corrected chi connectivity index (χ4v) is 3.34. The van der Waals surface area contributed by atoms with Crippen molar-refractivity contribution in [2.24, 2.45) is 11.8 Å². The first-order valence-electron chi connectivity index (χ1n) is 7.29. The van der Waals surface area contributed by atoms with E-state index >= 15 is 0 Å². The Morgan fingerprint density at radius 2 is 1.70 bits per heavy atom. The molecule has 0 spiro atoms. The predicted molar refractivity (Wildman–Crippen MR) is 80.4 cm³/mol. The van der Waals surface area contributed by atoms with Crippen LogP contribution in [0.15, 0.2) is 30.3 Å². The third kappa shape index (κ3) is 3.12. The van der Waals surface area contributed by atoms with Gasteiger partial charge in [-0.15, -0.1) is 0 Å². The molecule has 0 unspecified atom stereocenters. The minimum atomic E-state index is -1.60. The van der Waals surface area contributed by atoms with Gasteiger partial charge in [-0.05, 0) is 12.5 Å². The van der Waals surface area contributed by atoms with Gasteiger partial charge >= 0.3 is 11.9 Å². The number of rotatable bonds is 3. The lowest BCUT2D eigenvalue weighted by Gasteiger charge is -2.43. The second-order valence-corrected chi connectivity index (χ2v) is 5.94. The normalized spacial score (nSPS) is 30.6. The fraction of sp³-hybridized carbons (Fsp3) is 0.471. The van der Waals surface area contributed by atoms with Crippen molar-refractivity contribution in [2.75, 3.05) is 14.2 Å². The summed E-state index contributed by atoms with van der Waals surface area (Å²) in [5, 5.41) is 10.6. The SMILES string of the molecule is COC(=O)[C@@H]1C(=O)C[C@](C)(O)[C@H](C(=O)OC)[C@H]1c1ccccc1. The summed E-state index contributed by atoms with van der Waals surface area (Å²) in [5.41, 5.74) is -0.999. The monoisotopic (exact) mass is 320 g/mol. The van der Waals surface area contributed by atoms with Crippen LogP contribution < -0.4 is 0 Å². The van der Waals surface area contributed by atoms with E-state index in [2.05, 4.69) is 0 Å². The van der Waals surface area contributed by atoms with Crippen LogP contribution in [0.4, 0.5) is 0 Å². The molecule has 0 bridgehead atoms. The molecule has 0 aliphatic heterocycles. The van der Waals surface area contributed by atoms with Crippen molar-refractivity contribution >= 4 is 17.7 Å². The van der Waals surface area contributed by atoms with Gasteiger partial charge in [0.15, 0.2) is 5.78 Å². The van der Waals surface area contributed by atoms with Gasteiger partial charge in [0.05, 0.1) is 25.7 Å². The first-order chi connectivity index (χ1) is 10.8. The number of Topliss-reactive ketones (excluding diaryl/α,β-unsaturated/α-hetero) is 1. The van der Waals surface area contributed by atoms with Crippen LogP contribution in [0.1, 0.15) is 24.8 Å². The molecule has 0 aromatic heterocycles. The minimum Gasteiger partial charge on any atom is -0.469 e. The number of ketones is 1. The van der Waals surface area contributed by atoms with Crippen LogP contribution in [0.3, 0.4) is 0 Å². The highest BCUT2D eigenvalue weighted by molar-refractivity contribution is 6.02. The van der Waals surface area contributed by atoms with E-state index in [0.717, 1.165) is 0 Å². The molecule has 1 aliphatic rings. The Labute approximate surface area is 134 Å². The second kappa shape index (κ2) is 6.50. The van der Waals surface area contributed by atoms with E-state index in [1.165, 1.54) is 21.1 Å².